The minimum absolute atomic E-state index is 0.0455. The van der Waals surface area contributed by atoms with Crippen LogP contribution in [-0.4, -0.2) is 38.6 Å². The Morgan fingerprint density at radius 3 is 2.81 bits per heavy atom. The Kier molecular flexibility index (Phi) is 5.50. The lowest BCUT2D eigenvalue weighted by Gasteiger charge is -2.14. The third-order valence-corrected chi connectivity index (χ3v) is 4.12. The van der Waals surface area contributed by atoms with Gasteiger partial charge in [-0.1, -0.05) is 6.07 Å². The Morgan fingerprint density at radius 2 is 2.11 bits per heavy atom. The smallest absolute Gasteiger partial charge is 0.263 e. The van der Waals surface area contributed by atoms with Crippen molar-refractivity contribution in [1.29, 1.82) is 0 Å². The maximum atomic E-state index is 13.1. The number of carbonyl (C=O) groups excluding carboxylic acids is 1. The first-order chi connectivity index (χ1) is 12.9. The van der Waals surface area contributed by atoms with E-state index in [4.69, 9.17) is 4.74 Å². The Hall–Kier alpha value is -2.81. The molecular formula is C18H18BrN5O3. The molecule has 3 aromatic heterocycles. The average Bonchev–Trinajstić information content (AvgIpc) is 2.63. The molecule has 0 saturated heterocycles. The fourth-order valence-corrected chi connectivity index (χ4v) is 2.92. The van der Waals surface area contributed by atoms with Crippen LogP contribution in [0.1, 0.15) is 13.8 Å². The highest BCUT2D eigenvalue weighted by atomic mass is 79.9. The lowest BCUT2D eigenvalue weighted by Crippen LogP contribution is -2.37. The summed E-state index contributed by atoms with van der Waals surface area (Å²) in [7, 11) is 1.50. The number of ether oxygens (including phenoxy) is 1. The van der Waals surface area contributed by atoms with Gasteiger partial charge in [0.15, 0.2) is 11.5 Å². The molecule has 0 saturated carbocycles. The molecule has 3 heterocycles. The second-order valence-corrected chi connectivity index (χ2v) is 7.05. The molecule has 0 atom stereocenters. The zero-order valence-electron chi connectivity index (χ0n) is 15.1. The molecule has 0 fully saturated rings. The highest BCUT2D eigenvalue weighted by Gasteiger charge is 2.18. The van der Waals surface area contributed by atoms with Gasteiger partial charge in [0.25, 0.3) is 5.56 Å². The molecule has 8 nitrogen and oxygen atoms in total. The van der Waals surface area contributed by atoms with Crippen molar-refractivity contribution < 1.29 is 9.53 Å². The van der Waals surface area contributed by atoms with Crippen LogP contribution in [0.4, 0.5) is 0 Å². The Balaban J connectivity index is 2.23. The standard InChI is InChI=1S/C18H18BrN5O3/c1-10(2)21-14(25)9-24-17(13-5-4-6-15(22-13)27-3)23-16-12(18(24)26)7-11(19)8-20-16/h4-8,10H,9H2,1-3H3,(H,21,25). The van der Waals surface area contributed by atoms with Gasteiger partial charge < -0.3 is 10.1 Å². The highest BCUT2D eigenvalue weighted by Crippen LogP contribution is 2.20. The predicted molar refractivity (Wildman–Crippen MR) is 105 cm³/mol. The van der Waals surface area contributed by atoms with Crippen LogP contribution in [-0.2, 0) is 11.3 Å². The SMILES string of the molecule is COc1cccc(-c2nc3ncc(Br)cc3c(=O)n2CC(=O)NC(C)C)n1. The van der Waals surface area contributed by atoms with Crippen molar-refractivity contribution in [2.75, 3.05) is 7.11 Å². The fourth-order valence-electron chi connectivity index (χ4n) is 2.59. The van der Waals surface area contributed by atoms with E-state index >= 15 is 0 Å². The lowest BCUT2D eigenvalue weighted by molar-refractivity contribution is -0.122. The van der Waals surface area contributed by atoms with Crippen molar-refractivity contribution in [1.82, 2.24) is 24.8 Å². The quantitative estimate of drug-likeness (QED) is 0.664. The summed E-state index contributed by atoms with van der Waals surface area (Å²) in [5, 5.41) is 3.10. The van der Waals surface area contributed by atoms with E-state index < -0.39 is 0 Å². The van der Waals surface area contributed by atoms with Crippen LogP contribution < -0.4 is 15.6 Å². The summed E-state index contributed by atoms with van der Waals surface area (Å²) in [5.41, 5.74) is 0.325. The van der Waals surface area contributed by atoms with Crippen molar-refractivity contribution in [3.63, 3.8) is 0 Å². The summed E-state index contributed by atoms with van der Waals surface area (Å²) >= 11 is 3.31. The second-order valence-electron chi connectivity index (χ2n) is 6.14. The van der Waals surface area contributed by atoms with Crippen LogP contribution in [0, 0.1) is 0 Å². The number of nitrogens with zero attached hydrogens (tertiary/aromatic N) is 4. The largest absolute Gasteiger partial charge is 0.481 e. The number of methoxy groups -OCH3 is 1. The summed E-state index contributed by atoms with van der Waals surface area (Å²) in [4.78, 5) is 38.4. The van der Waals surface area contributed by atoms with Gasteiger partial charge in [-0.25, -0.2) is 15.0 Å². The van der Waals surface area contributed by atoms with Gasteiger partial charge in [0.2, 0.25) is 11.8 Å². The first-order valence-electron chi connectivity index (χ1n) is 8.26. The van der Waals surface area contributed by atoms with E-state index in [0.717, 1.165) is 0 Å². The molecule has 0 radical (unpaired) electrons. The number of rotatable bonds is 5. The van der Waals surface area contributed by atoms with Crippen molar-refractivity contribution in [2.24, 2.45) is 0 Å². The summed E-state index contributed by atoms with van der Waals surface area (Å²) in [5.74, 6) is 0.337. The minimum atomic E-state index is -0.368. The first kappa shape index (κ1) is 19.0. The van der Waals surface area contributed by atoms with Gasteiger partial charge in [0, 0.05) is 22.8 Å². The number of nitrogens with one attached hydrogen (secondary N) is 1. The van der Waals surface area contributed by atoms with Gasteiger partial charge in [-0.05, 0) is 41.9 Å². The summed E-state index contributed by atoms with van der Waals surface area (Å²) in [6.07, 6.45) is 1.56. The molecule has 3 rings (SSSR count). The van der Waals surface area contributed by atoms with Crippen LogP contribution in [0.15, 0.2) is 39.7 Å². The van der Waals surface area contributed by atoms with Crippen LogP contribution >= 0.6 is 15.9 Å². The fraction of sp³-hybridized carbons (Fsp3) is 0.278. The topological polar surface area (TPSA) is 99.0 Å². The number of hydrogen-bond donors (Lipinski definition) is 1. The van der Waals surface area contributed by atoms with Gasteiger partial charge in [-0.2, -0.15) is 0 Å². The first-order valence-corrected chi connectivity index (χ1v) is 9.05. The molecule has 0 bridgehead atoms. The van der Waals surface area contributed by atoms with Gasteiger partial charge >= 0.3 is 0 Å². The Bertz CT molecular complexity index is 1060. The molecule has 140 valence electrons. The zero-order chi connectivity index (χ0) is 19.6. The molecule has 1 amide bonds. The van der Waals surface area contributed by atoms with Crippen LogP contribution in [0.2, 0.25) is 0 Å². The second kappa shape index (κ2) is 7.83. The van der Waals surface area contributed by atoms with E-state index in [1.807, 2.05) is 13.8 Å². The van der Waals surface area contributed by atoms with Crippen molar-refractivity contribution in [3.8, 4) is 17.4 Å². The summed E-state index contributed by atoms with van der Waals surface area (Å²) < 4.78 is 7.11. The Labute approximate surface area is 163 Å². The van der Waals surface area contributed by atoms with Gasteiger partial charge in [0.1, 0.15) is 12.2 Å². The number of halogens is 1. The number of aromatic nitrogens is 4. The molecule has 9 heteroatoms. The van der Waals surface area contributed by atoms with E-state index in [-0.39, 0.29) is 35.5 Å². The Morgan fingerprint density at radius 1 is 1.33 bits per heavy atom. The minimum Gasteiger partial charge on any atom is -0.481 e. The molecule has 0 unspecified atom stereocenters. The lowest BCUT2D eigenvalue weighted by atomic mass is 10.2. The zero-order valence-corrected chi connectivity index (χ0v) is 16.6. The molecule has 3 aromatic rings. The maximum Gasteiger partial charge on any atom is 0.263 e. The van der Waals surface area contributed by atoms with E-state index in [9.17, 15) is 9.59 Å². The van der Waals surface area contributed by atoms with Crippen molar-refractivity contribution in [3.05, 3.63) is 45.3 Å². The number of fused-ring (bicyclic) bond motifs is 1. The monoisotopic (exact) mass is 431 g/mol. The van der Waals surface area contributed by atoms with Crippen LogP contribution in [0.5, 0.6) is 5.88 Å². The number of amides is 1. The van der Waals surface area contributed by atoms with Gasteiger partial charge in [-0.3, -0.25) is 14.2 Å². The molecule has 0 aromatic carbocycles. The normalized spacial score (nSPS) is 11.0. The molecular weight excluding hydrogens is 414 g/mol. The van der Waals surface area contributed by atoms with E-state index in [0.29, 0.717) is 21.4 Å². The maximum absolute atomic E-state index is 13.1. The van der Waals surface area contributed by atoms with Crippen LogP contribution in [0.25, 0.3) is 22.6 Å². The molecule has 0 spiro atoms. The van der Waals surface area contributed by atoms with Crippen molar-refractivity contribution >= 4 is 32.9 Å². The number of pyridine rings is 2. The van der Waals surface area contributed by atoms with Gasteiger partial charge in [0.05, 0.1) is 12.5 Å². The van der Waals surface area contributed by atoms with Crippen molar-refractivity contribution in [2.45, 2.75) is 26.4 Å². The summed E-state index contributed by atoms with van der Waals surface area (Å²) in [6, 6.07) is 6.72. The van der Waals surface area contributed by atoms with Crippen LogP contribution in [0.3, 0.4) is 0 Å². The molecule has 0 aliphatic rings. The van der Waals surface area contributed by atoms with E-state index in [1.165, 1.54) is 11.7 Å². The summed E-state index contributed by atoms with van der Waals surface area (Å²) in [6.45, 7) is 3.52. The average molecular weight is 432 g/mol. The van der Waals surface area contributed by atoms with E-state index in [2.05, 4.69) is 36.2 Å². The number of hydrogen-bond acceptors (Lipinski definition) is 6. The molecule has 27 heavy (non-hydrogen) atoms. The number of carbonyl (C=O) groups is 1. The molecule has 0 aliphatic heterocycles. The molecule has 1 N–H and O–H groups in total. The predicted octanol–water partition coefficient (Wildman–Crippen LogP) is 2.15. The third-order valence-electron chi connectivity index (χ3n) is 3.69. The third kappa shape index (κ3) is 4.13. The van der Waals surface area contributed by atoms with Gasteiger partial charge in [-0.15, -0.1) is 0 Å². The van der Waals surface area contributed by atoms with E-state index in [1.54, 1.807) is 30.5 Å². The highest BCUT2D eigenvalue weighted by molar-refractivity contribution is 9.10. The molecule has 0 aliphatic carbocycles.